The summed E-state index contributed by atoms with van der Waals surface area (Å²) in [5, 5.41) is 3.83. The monoisotopic (exact) mass is 285 g/mol. The third-order valence-electron chi connectivity index (χ3n) is 3.40. The third-order valence-corrected chi connectivity index (χ3v) is 3.70. The number of hydrogen-bond donors (Lipinski definition) is 1. The standard InChI is InChI=1S/C15H24ClNO2/c1-11(17-4)12-6-7-14(13(16)10-12)19-9-8-15(2,3)18-5/h6-7,10-11,17H,8-9H2,1-5H3. The number of halogens is 1. The normalized spacial score (nSPS) is 13.4. The van der Waals surface area contributed by atoms with E-state index in [1.165, 1.54) is 0 Å². The third kappa shape index (κ3) is 5.01. The Morgan fingerprint density at radius 1 is 1.37 bits per heavy atom. The fourth-order valence-electron chi connectivity index (χ4n) is 1.58. The Labute approximate surface area is 121 Å². The maximum absolute atomic E-state index is 6.23. The highest BCUT2D eigenvalue weighted by molar-refractivity contribution is 6.32. The molecule has 0 spiro atoms. The molecular formula is C15H24ClNO2. The first-order chi connectivity index (χ1) is 8.89. The molecule has 0 radical (unpaired) electrons. The van der Waals surface area contributed by atoms with Crippen molar-refractivity contribution in [2.75, 3.05) is 20.8 Å². The Bertz CT molecular complexity index is 407. The van der Waals surface area contributed by atoms with Crippen LogP contribution >= 0.6 is 11.6 Å². The van der Waals surface area contributed by atoms with E-state index in [0.717, 1.165) is 17.7 Å². The van der Waals surface area contributed by atoms with Gasteiger partial charge in [-0.25, -0.2) is 0 Å². The van der Waals surface area contributed by atoms with E-state index in [2.05, 4.69) is 12.2 Å². The Balaban J connectivity index is 2.61. The van der Waals surface area contributed by atoms with Crippen molar-refractivity contribution in [1.29, 1.82) is 0 Å². The fourth-order valence-corrected chi connectivity index (χ4v) is 1.82. The zero-order valence-electron chi connectivity index (χ0n) is 12.4. The van der Waals surface area contributed by atoms with Gasteiger partial charge < -0.3 is 14.8 Å². The molecule has 0 amide bonds. The van der Waals surface area contributed by atoms with Crippen LogP contribution in [0, 0.1) is 0 Å². The summed E-state index contributed by atoms with van der Waals surface area (Å²) in [5.74, 6) is 0.723. The van der Waals surface area contributed by atoms with Gasteiger partial charge in [-0.15, -0.1) is 0 Å². The lowest BCUT2D eigenvalue weighted by Crippen LogP contribution is -2.25. The van der Waals surface area contributed by atoms with Crippen LogP contribution in [0.3, 0.4) is 0 Å². The van der Waals surface area contributed by atoms with Crippen LogP contribution in [0.4, 0.5) is 0 Å². The van der Waals surface area contributed by atoms with Crippen LogP contribution in [0.2, 0.25) is 5.02 Å². The molecule has 0 heterocycles. The molecule has 19 heavy (non-hydrogen) atoms. The molecule has 0 aliphatic rings. The molecule has 0 aliphatic heterocycles. The molecule has 1 aromatic carbocycles. The molecule has 1 N–H and O–H groups in total. The molecule has 3 nitrogen and oxygen atoms in total. The highest BCUT2D eigenvalue weighted by Crippen LogP contribution is 2.28. The van der Waals surface area contributed by atoms with Crippen LogP contribution in [-0.4, -0.2) is 26.4 Å². The first-order valence-corrected chi connectivity index (χ1v) is 6.92. The van der Waals surface area contributed by atoms with Gasteiger partial charge in [0.15, 0.2) is 0 Å². The molecular weight excluding hydrogens is 262 g/mol. The van der Waals surface area contributed by atoms with E-state index in [1.54, 1.807) is 7.11 Å². The average molecular weight is 286 g/mol. The second-order valence-corrected chi connectivity index (χ2v) is 5.67. The molecule has 1 unspecified atom stereocenters. The Hall–Kier alpha value is -0.770. The molecule has 1 aromatic rings. The van der Waals surface area contributed by atoms with Gasteiger partial charge in [0.2, 0.25) is 0 Å². The molecule has 0 aromatic heterocycles. The predicted molar refractivity (Wildman–Crippen MR) is 80.1 cm³/mol. The second-order valence-electron chi connectivity index (χ2n) is 5.26. The van der Waals surface area contributed by atoms with Crippen molar-refractivity contribution in [3.05, 3.63) is 28.8 Å². The predicted octanol–water partition coefficient (Wildman–Crippen LogP) is 3.81. The highest BCUT2D eigenvalue weighted by Gasteiger charge is 2.16. The van der Waals surface area contributed by atoms with Crippen LogP contribution in [0.15, 0.2) is 18.2 Å². The largest absolute Gasteiger partial charge is 0.492 e. The Morgan fingerprint density at radius 2 is 2.05 bits per heavy atom. The molecule has 0 fully saturated rings. The summed E-state index contributed by atoms with van der Waals surface area (Å²) in [6.07, 6.45) is 0.814. The minimum Gasteiger partial charge on any atom is -0.492 e. The molecule has 0 saturated carbocycles. The van der Waals surface area contributed by atoms with Crippen molar-refractivity contribution in [3.63, 3.8) is 0 Å². The van der Waals surface area contributed by atoms with Crippen LogP contribution in [0.25, 0.3) is 0 Å². The van der Waals surface area contributed by atoms with Gasteiger partial charge in [0, 0.05) is 19.6 Å². The smallest absolute Gasteiger partial charge is 0.137 e. The number of ether oxygens (including phenoxy) is 2. The van der Waals surface area contributed by atoms with Crippen molar-refractivity contribution in [2.24, 2.45) is 0 Å². The average Bonchev–Trinajstić information content (AvgIpc) is 2.39. The number of hydrogen-bond acceptors (Lipinski definition) is 3. The van der Waals surface area contributed by atoms with Gasteiger partial charge in [0.05, 0.1) is 17.2 Å². The van der Waals surface area contributed by atoms with Crippen LogP contribution < -0.4 is 10.1 Å². The zero-order valence-corrected chi connectivity index (χ0v) is 13.2. The van der Waals surface area contributed by atoms with Gasteiger partial charge in [-0.3, -0.25) is 0 Å². The summed E-state index contributed by atoms with van der Waals surface area (Å²) >= 11 is 6.23. The lowest BCUT2D eigenvalue weighted by atomic mass is 10.1. The summed E-state index contributed by atoms with van der Waals surface area (Å²) in [4.78, 5) is 0. The van der Waals surface area contributed by atoms with Gasteiger partial charge in [0.1, 0.15) is 5.75 Å². The van der Waals surface area contributed by atoms with Gasteiger partial charge >= 0.3 is 0 Å². The zero-order chi connectivity index (χ0) is 14.5. The first kappa shape index (κ1) is 16.3. The number of nitrogens with one attached hydrogen (secondary N) is 1. The topological polar surface area (TPSA) is 30.5 Å². The summed E-state index contributed by atoms with van der Waals surface area (Å²) < 4.78 is 11.1. The van der Waals surface area contributed by atoms with Crippen LogP contribution in [0.1, 0.15) is 38.8 Å². The van der Waals surface area contributed by atoms with Crippen molar-refractivity contribution < 1.29 is 9.47 Å². The van der Waals surface area contributed by atoms with Crippen LogP contribution in [0.5, 0.6) is 5.75 Å². The van der Waals surface area contributed by atoms with E-state index < -0.39 is 0 Å². The summed E-state index contributed by atoms with van der Waals surface area (Å²) in [7, 11) is 3.64. The molecule has 0 saturated heterocycles. The molecule has 1 rings (SSSR count). The van der Waals surface area contributed by atoms with Gasteiger partial charge in [0.25, 0.3) is 0 Å². The lowest BCUT2D eigenvalue weighted by molar-refractivity contribution is 0.00546. The van der Waals surface area contributed by atoms with E-state index in [0.29, 0.717) is 11.6 Å². The maximum atomic E-state index is 6.23. The summed E-state index contributed by atoms with van der Waals surface area (Å²) in [5.41, 5.74) is 0.977. The Kier molecular flexibility index (Phi) is 6.11. The SMILES string of the molecule is CNC(C)c1ccc(OCCC(C)(C)OC)c(Cl)c1. The number of rotatable bonds is 7. The van der Waals surface area contributed by atoms with Crippen LogP contribution in [-0.2, 0) is 4.74 Å². The number of benzene rings is 1. The molecule has 0 aliphatic carbocycles. The summed E-state index contributed by atoms with van der Waals surface area (Å²) in [6, 6.07) is 6.17. The van der Waals surface area contributed by atoms with Gasteiger partial charge in [-0.1, -0.05) is 17.7 Å². The van der Waals surface area contributed by atoms with Crippen molar-refractivity contribution in [1.82, 2.24) is 5.32 Å². The molecule has 1 atom stereocenters. The van der Waals surface area contributed by atoms with E-state index in [9.17, 15) is 0 Å². The van der Waals surface area contributed by atoms with E-state index >= 15 is 0 Å². The second kappa shape index (κ2) is 7.13. The van der Waals surface area contributed by atoms with E-state index in [-0.39, 0.29) is 11.6 Å². The fraction of sp³-hybridized carbons (Fsp3) is 0.600. The number of methoxy groups -OCH3 is 1. The quantitative estimate of drug-likeness (QED) is 0.826. The van der Waals surface area contributed by atoms with Gasteiger partial charge in [-0.2, -0.15) is 0 Å². The highest BCUT2D eigenvalue weighted by atomic mass is 35.5. The molecule has 4 heteroatoms. The maximum Gasteiger partial charge on any atom is 0.137 e. The minimum absolute atomic E-state index is 0.174. The molecule has 0 bridgehead atoms. The summed E-state index contributed by atoms with van der Waals surface area (Å²) in [6.45, 7) is 6.75. The van der Waals surface area contributed by atoms with E-state index in [4.69, 9.17) is 21.1 Å². The van der Waals surface area contributed by atoms with Crippen molar-refractivity contribution in [2.45, 2.75) is 38.8 Å². The Morgan fingerprint density at radius 3 is 2.58 bits per heavy atom. The van der Waals surface area contributed by atoms with E-state index in [1.807, 2.05) is 39.1 Å². The minimum atomic E-state index is -0.174. The van der Waals surface area contributed by atoms with Crippen molar-refractivity contribution >= 4 is 11.6 Å². The lowest BCUT2D eigenvalue weighted by Gasteiger charge is -2.23. The van der Waals surface area contributed by atoms with Crippen molar-refractivity contribution in [3.8, 4) is 5.75 Å². The van der Waals surface area contributed by atoms with Gasteiger partial charge in [-0.05, 0) is 45.5 Å². The first-order valence-electron chi connectivity index (χ1n) is 6.54. The molecule has 108 valence electrons.